The largest absolute Gasteiger partial charge is 0.391 e. The zero-order chi connectivity index (χ0) is 15.4. The van der Waals surface area contributed by atoms with Crippen molar-refractivity contribution in [2.45, 2.75) is 57.3 Å². The van der Waals surface area contributed by atoms with Crippen molar-refractivity contribution in [1.29, 1.82) is 0 Å². The molecule has 1 aliphatic rings. The van der Waals surface area contributed by atoms with Crippen LogP contribution in [0.25, 0.3) is 0 Å². The molecule has 0 aromatic heterocycles. The Morgan fingerprint density at radius 1 is 1.40 bits per heavy atom. The van der Waals surface area contributed by atoms with Crippen molar-refractivity contribution in [3.05, 3.63) is 0 Å². The van der Waals surface area contributed by atoms with Gasteiger partial charge in [0.2, 0.25) is 0 Å². The summed E-state index contributed by atoms with van der Waals surface area (Å²) in [5, 5.41) is 0. The standard InChI is InChI=1S/C14H27F3N2O/c1-11(2)20-8-7-19(3)13(10-18)6-4-5-12(9-13)14(15,16)17/h11-12H,4-10,18H2,1-3H3. The first-order chi connectivity index (χ1) is 9.21. The van der Waals surface area contributed by atoms with Crippen LogP contribution in [-0.2, 0) is 4.74 Å². The second kappa shape index (κ2) is 7.09. The third-order valence-corrected chi connectivity index (χ3v) is 4.35. The lowest BCUT2D eigenvalue weighted by molar-refractivity contribution is -0.193. The lowest BCUT2D eigenvalue weighted by Crippen LogP contribution is -2.57. The molecule has 2 atom stereocenters. The van der Waals surface area contributed by atoms with Gasteiger partial charge in [-0.3, -0.25) is 4.90 Å². The molecule has 1 aliphatic carbocycles. The van der Waals surface area contributed by atoms with Gasteiger partial charge in [0.25, 0.3) is 0 Å². The number of likely N-dealkylation sites (N-methyl/N-ethyl adjacent to an activating group) is 1. The van der Waals surface area contributed by atoms with E-state index >= 15 is 0 Å². The lowest BCUT2D eigenvalue weighted by atomic mass is 9.74. The van der Waals surface area contributed by atoms with Crippen molar-refractivity contribution in [3.8, 4) is 0 Å². The maximum Gasteiger partial charge on any atom is 0.391 e. The smallest absolute Gasteiger partial charge is 0.377 e. The van der Waals surface area contributed by atoms with E-state index in [0.29, 0.717) is 19.6 Å². The van der Waals surface area contributed by atoms with Crippen LogP contribution in [0.5, 0.6) is 0 Å². The highest BCUT2D eigenvalue weighted by Gasteiger charge is 2.48. The Kier molecular flexibility index (Phi) is 6.28. The van der Waals surface area contributed by atoms with Crippen LogP contribution in [0.1, 0.15) is 39.5 Å². The molecule has 0 radical (unpaired) electrons. The Morgan fingerprint density at radius 2 is 2.05 bits per heavy atom. The minimum Gasteiger partial charge on any atom is -0.377 e. The summed E-state index contributed by atoms with van der Waals surface area (Å²) in [6.45, 7) is 5.28. The van der Waals surface area contributed by atoms with Gasteiger partial charge in [0.1, 0.15) is 0 Å². The van der Waals surface area contributed by atoms with Crippen LogP contribution in [0.4, 0.5) is 13.2 Å². The van der Waals surface area contributed by atoms with Gasteiger partial charge < -0.3 is 10.5 Å². The monoisotopic (exact) mass is 296 g/mol. The number of hydrogen-bond donors (Lipinski definition) is 1. The predicted octanol–water partition coefficient (Wildman–Crippen LogP) is 2.79. The number of rotatable bonds is 6. The highest BCUT2D eigenvalue weighted by molar-refractivity contribution is 4.97. The van der Waals surface area contributed by atoms with Crippen LogP contribution in [0, 0.1) is 5.92 Å². The van der Waals surface area contributed by atoms with E-state index < -0.39 is 17.6 Å². The first kappa shape index (κ1) is 17.7. The molecule has 0 saturated heterocycles. The Hall–Kier alpha value is -0.330. The minimum absolute atomic E-state index is 0.102. The molecule has 1 rings (SSSR count). The molecule has 0 aromatic rings. The first-order valence-corrected chi connectivity index (χ1v) is 7.31. The number of nitrogens with zero attached hydrogens (tertiary/aromatic N) is 1. The molecule has 1 saturated carbocycles. The molecule has 120 valence electrons. The average Bonchev–Trinajstić information content (AvgIpc) is 2.37. The van der Waals surface area contributed by atoms with E-state index in [1.165, 1.54) is 0 Å². The Labute approximate surface area is 119 Å². The Balaban J connectivity index is 2.65. The van der Waals surface area contributed by atoms with Crippen molar-refractivity contribution in [1.82, 2.24) is 4.90 Å². The summed E-state index contributed by atoms with van der Waals surface area (Å²) in [7, 11) is 1.86. The molecule has 1 fully saturated rings. The van der Waals surface area contributed by atoms with E-state index in [4.69, 9.17) is 10.5 Å². The summed E-state index contributed by atoms with van der Waals surface area (Å²) in [4.78, 5) is 1.97. The van der Waals surface area contributed by atoms with Gasteiger partial charge >= 0.3 is 6.18 Å². The number of hydrogen-bond acceptors (Lipinski definition) is 3. The molecule has 20 heavy (non-hydrogen) atoms. The SMILES string of the molecule is CC(C)OCCN(C)C1(CN)CCCC(C(F)(F)F)C1. The minimum atomic E-state index is -4.11. The summed E-state index contributed by atoms with van der Waals surface area (Å²) in [5.74, 6) is -1.23. The van der Waals surface area contributed by atoms with Gasteiger partial charge in [0, 0.05) is 18.6 Å². The second-order valence-corrected chi connectivity index (χ2v) is 6.10. The van der Waals surface area contributed by atoms with Crippen LogP contribution in [0.2, 0.25) is 0 Å². The number of halogens is 3. The quantitative estimate of drug-likeness (QED) is 0.819. The highest BCUT2D eigenvalue weighted by Crippen LogP contribution is 2.43. The predicted molar refractivity (Wildman–Crippen MR) is 73.5 cm³/mol. The van der Waals surface area contributed by atoms with Crippen molar-refractivity contribution in [3.63, 3.8) is 0 Å². The normalized spacial score (nSPS) is 28.4. The molecule has 0 bridgehead atoms. The fraction of sp³-hybridized carbons (Fsp3) is 1.00. The fourth-order valence-corrected chi connectivity index (χ4v) is 2.97. The van der Waals surface area contributed by atoms with Gasteiger partial charge in [0.05, 0.1) is 18.6 Å². The van der Waals surface area contributed by atoms with Gasteiger partial charge in [0.15, 0.2) is 0 Å². The molecular weight excluding hydrogens is 269 g/mol. The molecule has 0 aromatic carbocycles. The van der Waals surface area contributed by atoms with E-state index in [9.17, 15) is 13.2 Å². The van der Waals surface area contributed by atoms with Crippen molar-refractivity contribution >= 4 is 0 Å². The van der Waals surface area contributed by atoms with E-state index in [0.717, 1.165) is 6.42 Å². The van der Waals surface area contributed by atoms with Crippen molar-refractivity contribution in [2.75, 3.05) is 26.7 Å². The van der Waals surface area contributed by atoms with Gasteiger partial charge in [-0.05, 0) is 40.2 Å². The first-order valence-electron chi connectivity index (χ1n) is 7.31. The highest BCUT2D eigenvalue weighted by atomic mass is 19.4. The third kappa shape index (κ3) is 4.60. The Morgan fingerprint density at radius 3 is 2.55 bits per heavy atom. The van der Waals surface area contributed by atoms with E-state index in [1.54, 1.807) is 0 Å². The lowest BCUT2D eigenvalue weighted by Gasteiger charge is -2.47. The molecule has 6 heteroatoms. The van der Waals surface area contributed by atoms with Crippen LogP contribution >= 0.6 is 0 Å². The molecule has 0 aliphatic heterocycles. The van der Waals surface area contributed by atoms with Crippen molar-refractivity contribution < 1.29 is 17.9 Å². The van der Waals surface area contributed by atoms with Gasteiger partial charge in [-0.25, -0.2) is 0 Å². The molecule has 2 unspecified atom stereocenters. The number of alkyl halides is 3. The maximum atomic E-state index is 13.0. The molecule has 2 N–H and O–H groups in total. The zero-order valence-electron chi connectivity index (χ0n) is 12.7. The molecule has 3 nitrogen and oxygen atoms in total. The topological polar surface area (TPSA) is 38.5 Å². The zero-order valence-corrected chi connectivity index (χ0v) is 12.7. The van der Waals surface area contributed by atoms with Crippen LogP contribution in [0.3, 0.4) is 0 Å². The molecule has 0 spiro atoms. The number of ether oxygens (including phenoxy) is 1. The Bertz CT molecular complexity index is 297. The van der Waals surface area contributed by atoms with Gasteiger partial charge in [-0.2, -0.15) is 13.2 Å². The van der Waals surface area contributed by atoms with Gasteiger partial charge in [-0.15, -0.1) is 0 Å². The average molecular weight is 296 g/mol. The van der Waals surface area contributed by atoms with E-state index in [-0.39, 0.29) is 25.5 Å². The second-order valence-electron chi connectivity index (χ2n) is 6.10. The summed E-state index contributed by atoms with van der Waals surface area (Å²) < 4.78 is 44.4. The van der Waals surface area contributed by atoms with Crippen LogP contribution in [0.15, 0.2) is 0 Å². The summed E-state index contributed by atoms with van der Waals surface area (Å²) >= 11 is 0. The molecule has 0 amide bonds. The van der Waals surface area contributed by atoms with Gasteiger partial charge in [-0.1, -0.05) is 6.42 Å². The van der Waals surface area contributed by atoms with Crippen LogP contribution < -0.4 is 5.73 Å². The van der Waals surface area contributed by atoms with E-state index in [1.807, 2.05) is 25.8 Å². The molecular formula is C14H27F3N2O. The number of nitrogens with two attached hydrogens (primary N) is 1. The summed E-state index contributed by atoms with van der Waals surface area (Å²) in [5.41, 5.74) is 5.28. The van der Waals surface area contributed by atoms with Crippen LogP contribution in [-0.4, -0.2) is 49.5 Å². The summed E-state index contributed by atoms with van der Waals surface area (Å²) in [6, 6.07) is 0. The van der Waals surface area contributed by atoms with Crippen molar-refractivity contribution in [2.24, 2.45) is 11.7 Å². The maximum absolute atomic E-state index is 13.0. The fourth-order valence-electron chi connectivity index (χ4n) is 2.97. The summed E-state index contributed by atoms with van der Waals surface area (Å²) in [6.07, 6.45) is -2.35. The third-order valence-electron chi connectivity index (χ3n) is 4.35. The molecule has 0 heterocycles. The van der Waals surface area contributed by atoms with E-state index in [2.05, 4.69) is 0 Å².